The number of carbonyl (C=O) groups excluding carboxylic acids is 2. The number of likely N-dealkylation sites (tertiary alicyclic amines) is 1. The van der Waals surface area contributed by atoms with Gasteiger partial charge in [-0.1, -0.05) is 12.5 Å². The number of amides is 2. The largest absolute Gasteiger partial charge is 0.504 e. The summed E-state index contributed by atoms with van der Waals surface area (Å²) in [7, 11) is 1.89. The van der Waals surface area contributed by atoms with Crippen LogP contribution in [-0.2, 0) is 14.2 Å². The zero-order valence-corrected chi connectivity index (χ0v) is 18.7. The van der Waals surface area contributed by atoms with E-state index in [1.54, 1.807) is 12.1 Å². The average molecular weight is 511 g/mol. The van der Waals surface area contributed by atoms with Gasteiger partial charge in [0.15, 0.2) is 11.5 Å². The van der Waals surface area contributed by atoms with E-state index in [1.807, 2.05) is 29.5 Å². The van der Waals surface area contributed by atoms with Gasteiger partial charge in [-0.15, -0.1) is 0 Å². The number of benzene rings is 1. The van der Waals surface area contributed by atoms with Crippen molar-refractivity contribution in [3.63, 3.8) is 0 Å². The molecule has 2 fully saturated rings. The second kappa shape index (κ2) is 7.59. The highest BCUT2D eigenvalue weighted by Gasteiger charge is 2.56. The Morgan fingerprint density at radius 2 is 2.03 bits per heavy atom. The molecular weight excluding hydrogens is 488 g/mol. The first-order chi connectivity index (χ1) is 13.8. The zero-order valence-electron chi connectivity index (χ0n) is 16.5. The maximum absolute atomic E-state index is 12.9. The molecule has 2 amide bonds. The molecule has 0 saturated carbocycles. The van der Waals surface area contributed by atoms with Gasteiger partial charge in [0.1, 0.15) is 0 Å². The normalized spacial score (nSPS) is 29.3. The lowest BCUT2D eigenvalue weighted by Gasteiger charge is -2.42. The third-order valence-electron chi connectivity index (χ3n) is 6.50. The van der Waals surface area contributed by atoms with E-state index in [0.29, 0.717) is 28.6 Å². The molecule has 0 aromatic heterocycles. The van der Waals surface area contributed by atoms with Gasteiger partial charge >= 0.3 is 7.12 Å². The summed E-state index contributed by atoms with van der Waals surface area (Å²) in [6, 6.07) is 3.48. The number of ether oxygens (including phenoxy) is 1. The van der Waals surface area contributed by atoms with Crippen LogP contribution >= 0.6 is 22.6 Å². The first kappa shape index (κ1) is 20.7. The number of allylic oxidation sites excluding steroid dienone is 2. The van der Waals surface area contributed by atoms with Gasteiger partial charge in [-0.05, 0) is 70.9 Å². The summed E-state index contributed by atoms with van der Waals surface area (Å²) in [4.78, 5) is 26.7. The van der Waals surface area contributed by atoms with Crippen molar-refractivity contribution in [2.45, 2.75) is 32.3 Å². The van der Waals surface area contributed by atoms with Crippen LogP contribution in [0.5, 0.6) is 11.5 Å². The second-order valence-corrected chi connectivity index (χ2v) is 9.02. The van der Waals surface area contributed by atoms with E-state index in [0.717, 1.165) is 16.6 Å². The van der Waals surface area contributed by atoms with E-state index in [4.69, 9.17) is 9.39 Å². The van der Waals surface area contributed by atoms with Gasteiger partial charge in [-0.3, -0.25) is 14.5 Å². The Labute approximate surface area is 183 Å². The number of hydrogen-bond donors (Lipinski definition) is 2. The third kappa shape index (κ3) is 3.18. The number of hydrogen-bond acceptors (Lipinski definition) is 6. The number of halogens is 1. The molecule has 3 aliphatic rings. The van der Waals surface area contributed by atoms with Crippen molar-refractivity contribution in [2.24, 2.45) is 17.8 Å². The Bertz CT molecular complexity index is 918. The number of phenols is 1. The van der Waals surface area contributed by atoms with Gasteiger partial charge in [-0.2, -0.15) is 0 Å². The lowest BCUT2D eigenvalue weighted by Crippen LogP contribution is -2.44. The van der Waals surface area contributed by atoms with Crippen LogP contribution in [0.1, 0.15) is 37.9 Å². The quantitative estimate of drug-likeness (QED) is 0.368. The molecule has 0 radical (unpaired) electrons. The number of methoxy groups -OCH3 is 1. The number of rotatable bonds is 3. The summed E-state index contributed by atoms with van der Waals surface area (Å²) in [6.07, 6.45) is 1.20. The van der Waals surface area contributed by atoms with Crippen LogP contribution in [0.4, 0.5) is 0 Å². The summed E-state index contributed by atoms with van der Waals surface area (Å²) < 4.78 is 11.8. The van der Waals surface area contributed by atoms with E-state index in [2.05, 4.69) is 0 Å². The molecule has 2 heterocycles. The minimum Gasteiger partial charge on any atom is -0.504 e. The first-order valence-corrected chi connectivity index (χ1v) is 10.8. The summed E-state index contributed by atoms with van der Waals surface area (Å²) >= 11 is 2.02. The number of imide groups is 1. The Hall–Kier alpha value is -1.59. The third-order valence-corrected chi connectivity index (χ3v) is 7.32. The molecule has 2 saturated heterocycles. The van der Waals surface area contributed by atoms with Crippen molar-refractivity contribution in [1.29, 1.82) is 0 Å². The molecule has 4 rings (SSSR count). The Morgan fingerprint density at radius 1 is 1.31 bits per heavy atom. The van der Waals surface area contributed by atoms with Gasteiger partial charge in [0.25, 0.3) is 0 Å². The fraction of sp³-hybridized carbons (Fsp3) is 0.500. The van der Waals surface area contributed by atoms with Gasteiger partial charge in [-0.25, -0.2) is 0 Å². The monoisotopic (exact) mass is 511 g/mol. The van der Waals surface area contributed by atoms with E-state index in [9.17, 15) is 19.7 Å². The number of fused-ring (bicyclic) bond motifs is 3. The van der Waals surface area contributed by atoms with Crippen molar-refractivity contribution in [1.82, 2.24) is 4.90 Å². The zero-order chi connectivity index (χ0) is 21.0. The van der Waals surface area contributed by atoms with Gasteiger partial charge in [0.05, 0.1) is 28.6 Å². The molecule has 1 aromatic carbocycles. The smallest absolute Gasteiger partial charge is 0.487 e. The SMILES string of the molecule is CCC1=C2B(O)O[C@H](c3cc(I)c(O)c(OC)c3)C[C@H]2[C@H]2C(=O)N(C)C(=O)[C@H]2C1. The fourth-order valence-electron chi connectivity index (χ4n) is 5.06. The molecule has 1 aliphatic carbocycles. The van der Waals surface area contributed by atoms with E-state index in [1.165, 1.54) is 19.1 Å². The predicted octanol–water partition coefficient (Wildman–Crippen LogP) is 2.44. The highest BCUT2D eigenvalue weighted by atomic mass is 127. The molecular formula is C20H23BINO6. The molecule has 0 spiro atoms. The molecule has 2 N–H and O–H groups in total. The van der Waals surface area contributed by atoms with E-state index >= 15 is 0 Å². The summed E-state index contributed by atoms with van der Waals surface area (Å²) in [5.74, 6) is -1.01. The van der Waals surface area contributed by atoms with Gasteiger partial charge in [0.2, 0.25) is 11.8 Å². The van der Waals surface area contributed by atoms with Crippen LogP contribution in [0, 0.1) is 21.3 Å². The number of carbonyl (C=O) groups is 2. The van der Waals surface area contributed by atoms with E-state index < -0.39 is 19.1 Å². The molecule has 1 aromatic rings. The minimum absolute atomic E-state index is 0.0537. The molecule has 7 nitrogen and oxygen atoms in total. The molecule has 29 heavy (non-hydrogen) atoms. The fourth-order valence-corrected chi connectivity index (χ4v) is 5.68. The van der Waals surface area contributed by atoms with Crippen LogP contribution in [-0.4, -0.2) is 48.1 Å². The molecule has 0 unspecified atom stereocenters. The van der Waals surface area contributed by atoms with E-state index in [-0.39, 0.29) is 29.4 Å². The van der Waals surface area contributed by atoms with Crippen LogP contribution in [0.25, 0.3) is 0 Å². The maximum atomic E-state index is 12.9. The topological polar surface area (TPSA) is 96.3 Å². The Balaban J connectivity index is 1.75. The first-order valence-electron chi connectivity index (χ1n) is 9.71. The molecule has 4 atom stereocenters. The number of phenolic OH excluding ortho intramolecular Hbond substituents is 1. The lowest BCUT2D eigenvalue weighted by molar-refractivity contribution is -0.138. The second-order valence-electron chi connectivity index (χ2n) is 7.86. The van der Waals surface area contributed by atoms with Crippen molar-refractivity contribution in [3.05, 3.63) is 32.3 Å². The molecule has 2 aliphatic heterocycles. The van der Waals surface area contributed by atoms with Crippen LogP contribution in [0.3, 0.4) is 0 Å². The molecule has 9 heteroatoms. The van der Waals surface area contributed by atoms with Gasteiger partial charge in [0, 0.05) is 7.05 Å². The standard InChI is InChI=1S/C20H23BINO6/c1-4-9-5-12-16(20(26)23(2)19(12)25)11-8-14(29-21(27)17(9)11)10-6-13(22)18(24)15(7-10)28-3/h6-7,11-12,14,16,24,27H,4-5,8H2,1-3H3/t11-,12-,14-,16+/m0/s1. The Morgan fingerprint density at radius 3 is 2.69 bits per heavy atom. The van der Waals surface area contributed by atoms with Crippen molar-refractivity contribution >= 4 is 41.5 Å². The van der Waals surface area contributed by atoms with Crippen LogP contribution in [0.2, 0.25) is 0 Å². The van der Waals surface area contributed by atoms with Crippen molar-refractivity contribution in [3.8, 4) is 11.5 Å². The molecule has 0 bridgehead atoms. The van der Waals surface area contributed by atoms with Gasteiger partial charge < -0.3 is 19.5 Å². The predicted molar refractivity (Wildman–Crippen MR) is 114 cm³/mol. The van der Waals surface area contributed by atoms with Crippen LogP contribution in [0.15, 0.2) is 23.2 Å². The highest BCUT2D eigenvalue weighted by molar-refractivity contribution is 14.1. The van der Waals surface area contributed by atoms with Crippen LogP contribution < -0.4 is 4.74 Å². The molecule has 154 valence electrons. The Kier molecular flexibility index (Phi) is 5.41. The lowest BCUT2D eigenvalue weighted by atomic mass is 9.55. The summed E-state index contributed by atoms with van der Waals surface area (Å²) in [5, 5.41) is 21.0. The maximum Gasteiger partial charge on any atom is 0.487 e. The van der Waals surface area contributed by atoms with Crippen molar-refractivity contribution < 1.29 is 29.1 Å². The highest BCUT2D eigenvalue weighted by Crippen LogP contribution is 2.52. The number of aromatic hydroxyl groups is 1. The summed E-state index contributed by atoms with van der Waals surface area (Å²) in [5.41, 5.74) is 2.53. The minimum atomic E-state index is -1.12. The number of nitrogens with zero attached hydrogens (tertiary/aromatic N) is 1. The summed E-state index contributed by atoms with van der Waals surface area (Å²) in [6.45, 7) is 2.00. The van der Waals surface area contributed by atoms with Crippen molar-refractivity contribution in [2.75, 3.05) is 14.2 Å². The average Bonchev–Trinajstić information content (AvgIpc) is 2.93.